The first kappa shape index (κ1) is 12.1. The Balaban J connectivity index is 2.30. The molecule has 1 aliphatic rings. The van der Waals surface area contributed by atoms with Crippen LogP contribution in [0.2, 0.25) is 0 Å². The number of hydrogen-bond donors (Lipinski definition) is 1. The fourth-order valence-electron chi connectivity index (χ4n) is 1.54. The van der Waals surface area contributed by atoms with Crippen molar-refractivity contribution in [2.24, 2.45) is 0 Å². The zero-order valence-electron chi connectivity index (χ0n) is 9.21. The van der Waals surface area contributed by atoms with Gasteiger partial charge in [0, 0.05) is 6.54 Å². The topological polar surface area (TPSA) is 40.5 Å². The van der Waals surface area contributed by atoms with Crippen LogP contribution in [0.5, 0.6) is 5.75 Å². The van der Waals surface area contributed by atoms with Crippen molar-refractivity contribution in [3.8, 4) is 5.75 Å². The van der Waals surface area contributed by atoms with Gasteiger partial charge in [-0.15, -0.1) is 0 Å². The van der Waals surface area contributed by atoms with Gasteiger partial charge in [0.2, 0.25) is 0 Å². The van der Waals surface area contributed by atoms with Crippen molar-refractivity contribution >= 4 is 40.3 Å². The summed E-state index contributed by atoms with van der Waals surface area (Å²) in [7, 11) is 0. The number of likely N-dealkylation sites (N-methyl/N-ethyl adjacent to an activating group) is 1. The van der Waals surface area contributed by atoms with Gasteiger partial charge in [-0.1, -0.05) is 36.1 Å². The molecule has 0 unspecified atom stereocenters. The molecule has 0 spiro atoms. The highest BCUT2D eigenvalue weighted by Crippen LogP contribution is 2.32. The Hall–Kier alpha value is -1.33. The Morgan fingerprint density at radius 3 is 2.88 bits per heavy atom. The molecule has 17 heavy (non-hydrogen) atoms. The van der Waals surface area contributed by atoms with Crippen molar-refractivity contribution < 1.29 is 9.90 Å². The summed E-state index contributed by atoms with van der Waals surface area (Å²) in [6, 6.07) is 6.77. The summed E-state index contributed by atoms with van der Waals surface area (Å²) >= 11 is 6.41. The third-order valence-corrected chi connectivity index (χ3v) is 3.74. The van der Waals surface area contributed by atoms with E-state index >= 15 is 0 Å². The maximum Gasteiger partial charge on any atom is 0.266 e. The standard InChI is InChI=1S/C12H11NO2S2/c1-2-13-11(15)10(17-12(13)16)7-8-4-3-5-9(14)6-8/h3-7,14H,2H2,1H3. The van der Waals surface area contributed by atoms with E-state index in [0.29, 0.717) is 15.8 Å². The quantitative estimate of drug-likeness (QED) is 0.659. The second kappa shape index (κ2) is 4.89. The number of thioether (sulfide) groups is 1. The number of hydrogen-bond acceptors (Lipinski definition) is 4. The van der Waals surface area contributed by atoms with Crippen LogP contribution in [0.4, 0.5) is 0 Å². The van der Waals surface area contributed by atoms with Crippen LogP contribution in [0.3, 0.4) is 0 Å². The number of carbonyl (C=O) groups is 1. The van der Waals surface area contributed by atoms with E-state index < -0.39 is 0 Å². The van der Waals surface area contributed by atoms with E-state index in [0.717, 1.165) is 5.56 Å². The highest BCUT2D eigenvalue weighted by molar-refractivity contribution is 8.26. The molecular weight excluding hydrogens is 254 g/mol. The van der Waals surface area contributed by atoms with E-state index in [4.69, 9.17) is 12.2 Å². The lowest BCUT2D eigenvalue weighted by Crippen LogP contribution is -2.27. The van der Waals surface area contributed by atoms with Crippen LogP contribution in [0.25, 0.3) is 6.08 Å². The summed E-state index contributed by atoms with van der Waals surface area (Å²) in [5.74, 6) is 0.121. The SMILES string of the molecule is CCN1C(=O)C(=Cc2cccc(O)c2)SC1=S. The minimum atomic E-state index is -0.0640. The van der Waals surface area contributed by atoms with Gasteiger partial charge in [0.25, 0.3) is 5.91 Å². The van der Waals surface area contributed by atoms with Gasteiger partial charge in [0.05, 0.1) is 4.91 Å². The first-order valence-corrected chi connectivity index (χ1v) is 6.38. The molecule has 1 fully saturated rings. The molecule has 0 saturated carbocycles. The predicted molar refractivity (Wildman–Crippen MR) is 73.7 cm³/mol. The molecule has 1 saturated heterocycles. The van der Waals surface area contributed by atoms with Gasteiger partial charge in [-0.05, 0) is 30.7 Å². The molecule has 0 atom stereocenters. The molecule has 5 heteroatoms. The van der Waals surface area contributed by atoms with E-state index in [1.165, 1.54) is 11.8 Å². The summed E-state index contributed by atoms with van der Waals surface area (Å²) in [6.07, 6.45) is 1.74. The number of thiocarbonyl (C=S) groups is 1. The lowest BCUT2D eigenvalue weighted by Gasteiger charge is -2.09. The smallest absolute Gasteiger partial charge is 0.266 e. The minimum Gasteiger partial charge on any atom is -0.508 e. The number of carbonyl (C=O) groups excluding carboxylic acids is 1. The molecule has 1 N–H and O–H groups in total. The van der Waals surface area contributed by atoms with Crippen molar-refractivity contribution in [3.63, 3.8) is 0 Å². The van der Waals surface area contributed by atoms with Crippen molar-refractivity contribution in [3.05, 3.63) is 34.7 Å². The number of aromatic hydroxyl groups is 1. The number of benzene rings is 1. The van der Waals surface area contributed by atoms with Crippen LogP contribution < -0.4 is 0 Å². The molecule has 1 heterocycles. The monoisotopic (exact) mass is 265 g/mol. The summed E-state index contributed by atoms with van der Waals surface area (Å²) in [5, 5.41) is 9.35. The van der Waals surface area contributed by atoms with Gasteiger partial charge >= 0.3 is 0 Å². The van der Waals surface area contributed by atoms with Crippen molar-refractivity contribution in [2.75, 3.05) is 6.54 Å². The average Bonchev–Trinajstić information content (AvgIpc) is 2.54. The van der Waals surface area contributed by atoms with Crippen LogP contribution in [0.15, 0.2) is 29.2 Å². The normalized spacial score (nSPS) is 18.2. The molecular formula is C12H11NO2S2. The van der Waals surface area contributed by atoms with E-state index in [2.05, 4.69) is 0 Å². The highest BCUT2D eigenvalue weighted by Gasteiger charge is 2.30. The Morgan fingerprint density at radius 2 is 2.29 bits per heavy atom. The summed E-state index contributed by atoms with van der Waals surface area (Å²) in [5.41, 5.74) is 0.793. The minimum absolute atomic E-state index is 0.0640. The number of phenolic OH excluding ortho intramolecular Hbond substituents is 1. The zero-order chi connectivity index (χ0) is 12.4. The summed E-state index contributed by atoms with van der Waals surface area (Å²) in [4.78, 5) is 14.1. The second-order valence-corrected chi connectivity index (χ2v) is 5.20. The first-order valence-electron chi connectivity index (χ1n) is 5.16. The first-order chi connectivity index (χ1) is 8.11. The van der Waals surface area contributed by atoms with Gasteiger partial charge in [-0.25, -0.2) is 0 Å². The lowest BCUT2D eigenvalue weighted by molar-refractivity contribution is -0.121. The Kier molecular flexibility index (Phi) is 3.49. The molecule has 0 aromatic heterocycles. The second-order valence-electron chi connectivity index (χ2n) is 3.52. The molecule has 1 amide bonds. The molecule has 0 aliphatic carbocycles. The zero-order valence-corrected chi connectivity index (χ0v) is 10.8. The summed E-state index contributed by atoms with van der Waals surface area (Å²) < 4.78 is 0.587. The van der Waals surface area contributed by atoms with E-state index in [1.54, 1.807) is 29.2 Å². The van der Waals surface area contributed by atoms with Crippen LogP contribution >= 0.6 is 24.0 Å². The van der Waals surface area contributed by atoms with Gasteiger partial charge < -0.3 is 5.11 Å². The molecule has 1 aromatic carbocycles. The number of rotatable bonds is 2. The van der Waals surface area contributed by atoms with Gasteiger partial charge in [0.1, 0.15) is 10.1 Å². The molecule has 3 nitrogen and oxygen atoms in total. The van der Waals surface area contributed by atoms with Crippen molar-refractivity contribution in [1.29, 1.82) is 0 Å². The number of amides is 1. The Bertz CT molecular complexity index is 511. The van der Waals surface area contributed by atoms with Crippen molar-refractivity contribution in [2.45, 2.75) is 6.92 Å². The van der Waals surface area contributed by atoms with Gasteiger partial charge in [0.15, 0.2) is 0 Å². The molecule has 1 aliphatic heterocycles. The maximum atomic E-state index is 11.9. The van der Waals surface area contributed by atoms with Crippen LogP contribution in [0.1, 0.15) is 12.5 Å². The average molecular weight is 265 g/mol. The lowest BCUT2D eigenvalue weighted by atomic mass is 10.2. The van der Waals surface area contributed by atoms with Crippen molar-refractivity contribution in [1.82, 2.24) is 4.90 Å². The van der Waals surface area contributed by atoms with Gasteiger partial charge in [-0.2, -0.15) is 0 Å². The molecule has 1 aromatic rings. The van der Waals surface area contributed by atoms with Crippen LogP contribution in [-0.4, -0.2) is 26.8 Å². The van der Waals surface area contributed by atoms with E-state index in [-0.39, 0.29) is 11.7 Å². The van der Waals surface area contributed by atoms with Crippen LogP contribution in [0, 0.1) is 0 Å². The molecule has 2 rings (SSSR count). The van der Waals surface area contributed by atoms with E-state index in [9.17, 15) is 9.90 Å². The maximum absolute atomic E-state index is 11.9. The fraction of sp³-hybridized carbons (Fsp3) is 0.167. The molecule has 0 bridgehead atoms. The van der Waals surface area contributed by atoms with Crippen LogP contribution in [-0.2, 0) is 4.79 Å². The predicted octanol–water partition coefficient (Wildman–Crippen LogP) is 2.61. The highest BCUT2D eigenvalue weighted by atomic mass is 32.2. The Morgan fingerprint density at radius 1 is 1.53 bits per heavy atom. The van der Waals surface area contributed by atoms with Gasteiger partial charge in [-0.3, -0.25) is 9.69 Å². The van der Waals surface area contributed by atoms with E-state index in [1.807, 2.05) is 13.0 Å². The fourth-order valence-corrected chi connectivity index (χ4v) is 2.92. The third-order valence-electron chi connectivity index (χ3n) is 2.36. The molecule has 88 valence electrons. The largest absolute Gasteiger partial charge is 0.508 e. The number of phenols is 1. The third kappa shape index (κ3) is 2.50. The summed E-state index contributed by atoms with van der Waals surface area (Å²) in [6.45, 7) is 2.48. The Labute approximate surface area is 109 Å². The number of nitrogens with zero attached hydrogens (tertiary/aromatic N) is 1. The molecule has 0 radical (unpaired) electrons.